The Labute approximate surface area is 164 Å². The van der Waals surface area contributed by atoms with Gasteiger partial charge in [0.15, 0.2) is 0 Å². The lowest BCUT2D eigenvalue weighted by molar-refractivity contribution is 0.582. The lowest BCUT2D eigenvalue weighted by Gasteiger charge is -2.08. The third-order valence-corrected chi connectivity index (χ3v) is 5.46. The molecule has 2 aromatic carbocycles. The Hall–Kier alpha value is -3.20. The van der Waals surface area contributed by atoms with Crippen molar-refractivity contribution in [2.45, 2.75) is 32.7 Å². The average Bonchev–Trinajstić information content (AvgIpc) is 3.48. The summed E-state index contributed by atoms with van der Waals surface area (Å²) in [4.78, 5) is 0. The highest BCUT2D eigenvalue weighted by Gasteiger charge is 2.14. The molecule has 0 bridgehead atoms. The number of hydrogen-bond acceptors (Lipinski definition) is 2. The standard InChI is InChI=1S/C25H23NO2/c1-2-3-4-13-26-22-16-18(24-7-5-14-27-24)9-11-20(22)21-12-10-19(17-23(21)26)25-8-6-15-28-25/h5-12,14-17H,2-4,13H2,1H3. The van der Waals surface area contributed by atoms with Gasteiger partial charge in [0.2, 0.25) is 0 Å². The molecule has 3 nitrogen and oxygen atoms in total. The van der Waals surface area contributed by atoms with Gasteiger partial charge in [0.1, 0.15) is 11.5 Å². The number of fused-ring (bicyclic) bond motifs is 3. The number of aromatic nitrogens is 1. The summed E-state index contributed by atoms with van der Waals surface area (Å²) < 4.78 is 13.7. The van der Waals surface area contributed by atoms with Crippen LogP contribution in [-0.4, -0.2) is 4.57 Å². The minimum Gasteiger partial charge on any atom is -0.464 e. The minimum atomic E-state index is 0.906. The van der Waals surface area contributed by atoms with Gasteiger partial charge >= 0.3 is 0 Å². The van der Waals surface area contributed by atoms with Crippen LogP contribution in [-0.2, 0) is 6.54 Å². The van der Waals surface area contributed by atoms with Crippen molar-refractivity contribution in [2.24, 2.45) is 0 Å². The molecule has 0 spiro atoms. The minimum absolute atomic E-state index is 0.906. The van der Waals surface area contributed by atoms with E-state index in [4.69, 9.17) is 8.83 Å². The van der Waals surface area contributed by atoms with Crippen LogP contribution in [0.25, 0.3) is 44.5 Å². The second kappa shape index (κ2) is 7.08. The highest BCUT2D eigenvalue weighted by atomic mass is 16.3. The Morgan fingerprint density at radius 3 is 1.75 bits per heavy atom. The van der Waals surface area contributed by atoms with Crippen LogP contribution in [0.4, 0.5) is 0 Å². The molecule has 0 N–H and O–H groups in total. The van der Waals surface area contributed by atoms with Gasteiger partial charge in [-0.05, 0) is 42.8 Å². The third-order valence-electron chi connectivity index (χ3n) is 5.46. The SMILES string of the molecule is CCCCCn1c2cc(-c3ccco3)ccc2c2ccc(-c3ccco3)cc21. The van der Waals surface area contributed by atoms with Crippen LogP contribution in [0.1, 0.15) is 26.2 Å². The number of rotatable bonds is 6. The molecule has 3 heteroatoms. The first-order chi connectivity index (χ1) is 13.8. The molecule has 5 aromatic rings. The Morgan fingerprint density at radius 2 is 1.29 bits per heavy atom. The number of unbranched alkanes of at least 4 members (excludes halogenated alkanes) is 2. The molecule has 3 aromatic heterocycles. The van der Waals surface area contributed by atoms with Gasteiger partial charge in [0.05, 0.1) is 12.5 Å². The second-order valence-electron chi connectivity index (χ2n) is 7.28. The van der Waals surface area contributed by atoms with Crippen molar-refractivity contribution in [1.29, 1.82) is 0 Å². The average molecular weight is 369 g/mol. The predicted octanol–water partition coefficient (Wildman–Crippen LogP) is 7.50. The first-order valence-electron chi connectivity index (χ1n) is 9.99. The number of furan rings is 2. The van der Waals surface area contributed by atoms with Gasteiger partial charge < -0.3 is 13.4 Å². The van der Waals surface area contributed by atoms with Gasteiger partial charge in [0, 0.05) is 39.5 Å². The molecule has 28 heavy (non-hydrogen) atoms. The topological polar surface area (TPSA) is 31.2 Å². The molecule has 140 valence electrons. The highest BCUT2D eigenvalue weighted by Crippen LogP contribution is 2.35. The number of hydrogen-bond donors (Lipinski definition) is 0. The molecule has 3 heterocycles. The molecular formula is C25H23NO2. The monoisotopic (exact) mass is 369 g/mol. The zero-order chi connectivity index (χ0) is 18.9. The molecule has 0 unspecified atom stereocenters. The quantitative estimate of drug-likeness (QED) is 0.290. The summed E-state index contributed by atoms with van der Waals surface area (Å²) in [5, 5.41) is 2.57. The molecular weight excluding hydrogens is 346 g/mol. The van der Waals surface area contributed by atoms with Gasteiger partial charge in [0.25, 0.3) is 0 Å². The van der Waals surface area contributed by atoms with E-state index in [1.807, 2.05) is 24.3 Å². The predicted molar refractivity (Wildman–Crippen MR) is 114 cm³/mol. The van der Waals surface area contributed by atoms with Crippen LogP contribution < -0.4 is 0 Å². The summed E-state index contributed by atoms with van der Waals surface area (Å²) in [6.45, 7) is 3.26. The summed E-state index contributed by atoms with van der Waals surface area (Å²) in [5.74, 6) is 1.81. The van der Waals surface area contributed by atoms with Gasteiger partial charge in [-0.2, -0.15) is 0 Å². The molecule has 0 radical (unpaired) electrons. The van der Waals surface area contributed by atoms with E-state index in [-0.39, 0.29) is 0 Å². The molecule has 0 amide bonds. The van der Waals surface area contributed by atoms with Gasteiger partial charge in [-0.15, -0.1) is 0 Å². The molecule has 0 atom stereocenters. The van der Waals surface area contributed by atoms with Crippen LogP contribution in [0.2, 0.25) is 0 Å². The van der Waals surface area contributed by atoms with E-state index in [0.717, 1.165) is 29.2 Å². The number of nitrogens with zero attached hydrogens (tertiary/aromatic N) is 1. The second-order valence-corrected chi connectivity index (χ2v) is 7.28. The first kappa shape index (κ1) is 16.9. The fourth-order valence-corrected chi connectivity index (χ4v) is 4.05. The van der Waals surface area contributed by atoms with Crippen molar-refractivity contribution >= 4 is 21.8 Å². The third kappa shape index (κ3) is 2.84. The summed E-state index contributed by atoms with van der Waals surface area (Å²) in [6, 6.07) is 21.2. The van der Waals surface area contributed by atoms with Crippen molar-refractivity contribution < 1.29 is 8.83 Å². The number of benzene rings is 2. The maximum Gasteiger partial charge on any atom is 0.133 e. The molecule has 0 aliphatic carbocycles. The van der Waals surface area contributed by atoms with Crippen LogP contribution in [0.3, 0.4) is 0 Å². The van der Waals surface area contributed by atoms with E-state index in [1.165, 1.54) is 41.1 Å². The Balaban J connectivity index is 1.72. The van der Waals surface area contributed by atoms with Crippen molar-refractivity contribution in [3.8, 4) is 22.6 Å². The molecule has 0 fully saturated rings. The lowest BCUT2D eigenvalue weighted by Crippen LogP contribution is -1.97. The largest absolute Gasteiger partial charge is 0.464 e. The van der Waals surface area contributed by atoms with Crippen molar-refractivity contribution in [3.05, 3.63) is 73.2 Å². The first-order valence-corrected chi connectivity index (χ1v) is 9.99. The zero-order valence-corrected chi connectivity index (χ0v) is 16.0. The smallest absolute Gasteiger partial charge is 0.133 e. The van der Waals surface area contributed by atoms with E-state index in [0.29, 0.717) is 0 Å². The van der Waals surface area contributed by atoms with E-state index >= 15 is 0 Å². The van der Waals surface area contributed by atoms with Gasteiger partial charge in [-0.3, -0.25) is 0 Å². The molecule has 0 aliphatic rings. The Kier molecular flexibility index (Phi) is 4.28. The van der Waals surface area contributed by atoms with Crippen molar-refractivity contribution in [1.82, 2.24) is 4.57 Å². The molecule has 0 aliphatic heterocycles. The fraction of sp³-hybridized carbons (Fsp3) is 0.200. The van der Waals surface area contributed by atoms with E-state index in [9.17, 15) is 0 Å². The molecule has 5 rings (SSSR count). The van der Waals surface area contributed by atoms with Gasteiger partial charge in [-0.1, -0.05) is 44.0 Å². The summed E-state index contributed by atoms with van der Waals surface area (Å²) in [7, 11) is 0. The maximum atomic E-state index is 5.63. The molecule has 0 saturated heterocycles. The summed E-state index contributed by atoms with van der Waals surface area (Å²) in [6.07, 6.45) is 7.08. The number of aryl methyl sites for hydroxylation is 1. The Morgan fingerprint density at radius 1 is 0.714 bits per heavy atom. The maximum absolute atomic E-state index is 5.63. The normalized spacial score (nSPS) is 11.6. The van der Waals surface area contributed by atoms with Crippen molar-refractivity contribution in [2.75, 3.05) is 0 Å². The van der Waals surface area contributed by atoms with E-state index in [1.54, 1.807) is 12.5 Å². The summed E-state index contributed by atoms with van der Waals surface area (Å²) >= 11 is 0. The van der Waals surface area contributed by atoms with Crippen LogP contribution in [0, 0.1) is 0 Å². The molecule has 0 saturated carbocycles. The van der Waals surface area contributed by atoms with E-state index in [2.05, 4.69) is 47.9 Å². The van der Waals surface area contributed by atoms with Crippen molar-refractivity contribution in [3.63, 3.8) is 0 Å². The van der Waals surface area contributed by atoms with Crippen LogP contribution in [0.15, 0.2) is 82.0 Å². The highest BCUT2D eigenvalue weighted by molar-refractivity contribution is 6.09. The van der Waals surface area contributed by atoms with Gasteiger partial charge in [-0.25, -0.2) is 0 Å². The van der Waals surface area contributed by atoms with Crippen LogP contribution in [0.5, 0.6) is 0 Å². The zero-order valence-electron chi connectivity index (χ0n) is 16.0. The lowest BCUT2D eigenvalue weighted by atomic mass is 10.1. The summed E-state index contributed by atoms with van der Waals surface area (Å²) in [5.41, 5.74) is 4.75. The Bertz CT molecular complexity index is 1120. The fourth-order valence-electron chi connectivity index (χ4n) is 4.05. The van der Waals surface area contributed by atoms with Crippen LogP contribution >= 0.6 is 0 Å². The van der Waals surface area contributed by atoms with E-state index < -0.39 is 0 Å².